The van der Waals surface area contributed by atoms with Crippen LogP contribution in [-0.4, -0.2) is 6.04 Å². The number of rotatable bonds is 3. The summed E-state index contributed by atoms with van der Waals surface area (Å²) >= 11 is 0. The molecule has 2 rings (SSSR count). The zero-order chi connectivity index (χ0) is 12.5. The lowest BCUT2D eigenvalue weighted by molar-refractivity contribution is 0.170. The molecule has 0 bridgehead atoms. The fraction of sp³-hybridized carbons (Fsp3) is 0.625. The van der Waals surface area contributed by atoms with Gasteiger partial charge in [0.05, 0.1) is 0 Å². The first kappa shape index (κ1) is 12.6. The SMILES string of the molecule is CC1CC(NC(c2ccccc2)C(C)(C)C)C1. The second-order valence-electron chi connectivity index (χ2n) is 6.65. The third kappa shape index (κ3) is 3.10. The van der Waals surface area contributed by atoms with Gasteiger partial charge in [0.15, 0.2) is 0 Å². The minimum absolute atomic E-state index is 0.264. The van der Waals surface area contributed by atoms with Crippen molar-refractivity contribution < 1.29 is 0 Å². The molecule has 1 aliphatic carbocycles. The third-order valence-corrected chi connectivity index (χ3v) is 3.78. The second kappa shape index (κ2) is 4.81. The Morgan fingerprint density at radius 1 is 1.12 bits per heavy atom. The van der Waals surface area contributed by atoms with E-state index in [0.29, 0.717) is 6.04 Å². The van der Waals surface area contributed by atoms with E-state index in [1.54, 1.807) is 0 Å². The van der Waals surface area contributed by atoms with Crippen molar-refractivity contribution in [2.24, 2.45) is 11.3 Å². The molecule has 0 amide bonds. The summed E-state index contributed by atoms with van der Waals surface area (Å²) in [7, 11) is 0. The van der Waals surface area contributed by atoms with Crippen molar-refractivity contribution in [2.75, 3.05) is 0 Å². The maximum atomic E-state index is 3.84. The Balaban J connectivity index is 2.09. The number of nitrogens with one attached hydrogen (secondary N) is 1. The Hall–Kier alpha value is -0.820. The van der Waals surface area contributed by atoms with Gasteiger partial charge >= 0.3 is 0 Å². The van der Waals surface area contributed by atoms with Gasteiger partial charge in [0.1, 0.15) is 0 Å². The number of hydrogen-bond donors (Lipinski definition) is 1. The molecule has 0 radical (unpaired) electrons. The van der Waals surface area contributed by atoms with Crippen molar-refractivity contribution in [2.45, 2.75) is 52.6 Å². The Kier molecular flexibility index (Phi) is 3.58. The monoisotopic (exact) mass is 231 g/mol. The van der Waals surface area contributed by atoms with Gasteiger partial charge in [0, 0.05) is 12.1 Å². The highest BCUT2D eigenvalue weighted by molar-refractivity contribution is 5.21. The Morgan fingerprint density at radius 3 is 2.18 bits per heavy atom. The molecule has 1 nitrogen and oxygen atoms in total. The van der Waals surface area contributed by atoms with Crippen LogP contribution >= 0.6 is 0 Å². The molecular formula is C16H25N. The Morgan fingerprint density at radius 2 is 1.71 bits per heavy atom. The molecule has 1 fully saturated rings. The van der Waals surface area contributed by atoms with E-state index in [1.807, 2.05) is 0 Å². The lowest BCUT2D eigenvalue weighted by atomic mass is 9.77. The molecule has 0 aromatic heterocycles. The van der Waals surface area contributed by atoms with E-state index in [9.17, 15) is 0 Å². The quantitative estimate of drug-likeness (QED) is 0.823. The first-order chi connectivity index (χ1) is 7.97. The molecule has 1 N–H and O–H groups in total. The highest BCUT2D eigenvalue weighted by Gasteiger charge is 2.32. The molecule has 17 heavy (non-hydrogen) atoms. The Bertz CT molecular complexity index is 344. The van der Waals surface area contributed by atoms with Gasteiger partial charge in [-0.2, -0.15) is 0 Å². The van der Waals surface area contributed by atoms with Gasteiger partial charge in [0.2, 0.25) is 0 Å². The summed E-state index contributed by atoms with van der Waals surface area (Å²) < 4.78 is 0. The maximum absolute atomic E-state index is 3.84. The average Bonchev–Trinajstić information content (AvgIpc) is 2.22. The van der Waals surface area contributed by atoms with E-state index in [4.69, 9.17) is 0 Å². The van der Waals surface area contributed by atoms with Crippen LogP contribution in [0.1, 0.15) is 52.1 Å². The fourth-order valence-electron chi connectivity index (χ4n) is 2.77. The predicted octanol–water partition coefficient (Wildman–Crippen LogP) is 4.16. The molecule has 1 unspecified atom stereocenters. The van der Waals surface area contributed by atoms with Crippen LogP contribution in [-0.2, 0) is 0 Å². The molecule has 1 saturated carbocycles. The minimum Gasteiger partial charge on any atom is -0.307 e. The molecule has 0 aliphatic heterocycles. The smallest absolute Gasteiger partial charge is 0.0371 e. The minimum atomic E-state index is 0.264. The Labute approximate surface area is 106 Å². The molecule has 1 aliphatic rings. The van der Waals surface area contributed by atoms with E-state index in [2.05, 4.69) is 63.3 Å². The van der Waals surface area contributed by atoms with E-state index in [1.165, 1.54) is 18.4 Å². The molecule has 0 saturated heterocycles. The summed E-state index contributed by atoms with van der Waals surface area (Å²) in [6, 6.07) is 12.0. The van der Waals surface area contributed by atoms with Crippen LogP contribution in [0.3, 0.4) is 0 Å². The van der Waals surface area contributed by atoms with Crippen LogP contribution < -0.4 is 5.32 Å². The lowest BCUT2D eigenvalue weighted by Gasteiger charge is -2.41. The van der Waals surface area contributed by atoms with Crippen molar-refractivity contribution >= 4 is 0 Å². The molecule has 0 heterocycles. The van der Waals surface area contributed by atoms with Crippen molar-refractivity contribution in [3.8, 4) is 0 Å². The van der Waals surface area contributed by atoms with Gasteiger partial charge in [-0.25, -0.2) is 0 Å². The first-order valence-corrected chi connectivity index (χ1v) is 6.78. The summed E-state index contributed by atoms with van der Waals surface area (Å²) in [5, 5.41) is 3.84. The molecule has 1 atom stereocenters. The van der Waals surface area contributed by atoms with Crippen LogP contribution in [0.15, 0.2) is 30.3 Å². The van der Waals surface area contributed by atoms with Crippen LogP contribution in [0.4, 0.5) is 0 Å². The predicted molar refractivity (Wildman–Crippen MR) is 74.0 cm³/mol. The summed E-state index contributed by atoms with van der Waals surface area (Å²) in [4.78, 5) is 0. The molecular weight excluding hydrogens is 206 g/mol. The topological polar surface area (TPSA) is 12.0 Å². The van der Waals surface area contributed by atoms with Gasteiger partial charge in [-0.3, -0.25) is 0 Å². The molecule has 1 heteroatoms. The van der Waals surface area contributed by atoms with Gasteiger partial charge in [0.25, 0.3) is 0 Å². The van der Waals surface area contributed by atoms with Crippen molar-refractivity contribution in [1.29, 1.82) is 0 Å². The number of benzene rings is 1. The van der Waals surface area contributed by atoms with E-state index in [0.717, 1.165) is 12.0 Å². The van der Waals surface area contributed by atoms with Gasteiger partial charge in [-0.05, 0) is 29.7 Å². The van der Waals surface area contributed by atoms with Crippen molar-refractivity contribution in [3.05, 3.63) is 35.9 Å². The van der Waals surface area contributed by atoms with Crippen molar-refractivity contribution in [1.82, 2.24) is 5.32 Å². The van der Waals surface area contributed by atoms with Crippen LogP contribution in [0.5, 0.6) is 0 Å². The average molecular weight is 231 g/mol. The lowest BCUT2D eigenvalue weighted by Crippen LogP contribution is -2.45. The normalized spacial score (nSPS) is 26.4. The summed E-state index contributed by atoms with van der Waals surface area (Å²) in [5.74, 6) is 0.906. The zero-order valence-corrected chi connectivity index (χ0v) is 11.5. The zero-order valence-electron chi connectivity index (χ0n) is 11.5. The van der Waals surface area contributed by atoms with Gasteiger partial charge < -0.3 is 5.32 Å². The van der Waals surface area contributed by atoms with Crippen LogP contribution in [0, 0.1) is 11.3 Å². The van der Waals surface area contributed by atoms with Crippen LogP contribution in [0.25, 0.3) is 0 Å². The molecule has 1 aromatic carbocycles. The standard InChI is InChI=1S/C16H25N/c1-12-10-14(11-12)17-15(16(2,3)4)13-8-6-5-7-9-13/h5-9,12,14-15,17H,10-11H2,1-4H3. The fourth-order valence-corrected chi connectivity index (χ4v) is 2.77. The summed E-state index contributed by atoms with van der Waals surface area (Å²) in [6.07, 6.45) is 2.67. The molecule has 94 valence electrons. The largest absolute Gasteiger partial charge is 0.307 e. The van der Waals surface area contributed by atoms with E-state index >= 15 is 0 Å². The second-order valence-corrected chi connectivity index (χ2v) is 6.65. The summed E-state index contributed by atoms with van der Waals surface area (Å²) in [5.41, 5.74) is 1.68. The molecule has 0 spiro atoms. The highest BCUT2D eigenvalue weighted by atomic mass is 15.0. The summed E-state index contributed by atoms with van der Waals surface area (Å²) in [6.45, 7) is 9.30. The van der Waals surface area contributed by atoms with Crippen LogP contribution in [0.2, 0.25) is 0 Å². The van der Waals surface area contributed by atoms with Crippen molar-refractivity contribution in [3.63, 3.8) is 0 Å². The maximum Gasteiger partial charge on any atom is 0.0371 e. The van der Waals surface area contributed by atoms with Gasteiger partial charge in [-0.1, -0.05) is 58.0 Å². The van der Waals surface area contributed by atoms with Gasteiger partial charge in [-0.15, -0.1) is 0 Å². The van der Waals surface area contributed by atoms with E-state index in [-0.39, 0.29) is 5.41 Å². The first-order valence-electron chi connectivity index (χ1n) is 6.78. The third-order valence-electron chi connectivity index (χ3n) is 3.78. The highest BCUT2D eigenvalue weighted by Crippen LogP contribution is 2.36. The molecule has 1 aromatic rings. The number of hydrogen-bond acceptors (Lipinski definition) is 1. The van der Waals surface area contributed by atoms with E-state index < -0.39 is 0 Å².